The number of aromatic hydroxyl groups is 2. The minimum Gasteiger partial charge on any atom is -0.508 e. The van der Waals surface area contributed by atoms with Crippen LogP contribution in [-0.4, -0.2) is 94.8 Å². The van der Waals surface area contributed by atoms with E-state index in [1.807, 2.05) is 58.8 Å². The van der Waals surface area contributed by atoms with E-state index in [0.29, 0.717) is 67.4 Å². The molecule has 3 aromatic heterocycles. The molecule has 2 saturated heterocycles. The molecular formula is C43H45Cl2FN10O5. The lowest BCUT2D eigenvalue weighted by Crippen LogP contribution is -2.54. The number of ether oxygens (including phenoxy) is 1. The van der Waals surface area contributed by atoms with Gasteiger partial charge in [-0.25, -0.2) is 28.6 Å². The summed E-state index contributed by atoms with van der Waals surface area (Å²) >= 11 is 12.5. The van der Waals surface area contributed by atoms with Crippen LogP contribution >= 0.6 is 23.2 Å². The van der Waals surface area contributed by atoms with E-state index >= 15 is 0 Å². The van der Waals surface area contributed by atoms with Crippen molar-refractivity contribution in [2.24, 2.45) is 0 Å². The van der Waals surface area contributed by atoms with Crippen LogP contribution in [0.4, 0.5) is 20.7 Å². The van der Waals surface area contributed by atoms with Crippen molar-refractivity contribution in [1.82, 2.24) is 39.3 Å². The Bertz CT molecular complexity index is 2630. The van der Waals surface area contributed by atoms with Crippen molar-refractivity contribution in [2.75, 3.05) is 49.9 Å². The number of aromatic nitrogens is 6. The van der Waals surface area contributed by atoms with Crippen molar-refractivity contribution < 1.29 is 24.1 Å². The lowest BCUT2D eigenvalue weighted by atomic mass is 9.98. The number of urea groups is 1. The van der Waals surface area contributed by atoms with Gasteiger partial charge in [0.1, 0.15) is 23.4 Å². The highest BCUT2D eigenvalue weighted by atomic mass is 35.5. The van der Waals surface area contributed by atoms with Gasteiger partial charge in [0, 0.05) is 85.1 Å². The predicted octanol–water partition coefficient (Wildman–Crippen LogP) is 7.77. The third kappa shape index (κ3) is 8.29. The van der Waals surface area contributed by atoms with Crippen LogP contribution in [0.1, 0.15) is 62.8 Å². The molecule has 8 rings (SSSR count). The molecule has 2 fully saturated rings. The largest absolute Gasteiger partial charge is 0.508 e. The number of rotatable bonds is 9. The second kappa shape index (κ2) is 17.0. The maximum atomic E-state index is 14.2. The fourth-order valence-electron chi connectivity index (χ4n) is 8.00. The smallest absolute Gasteiger partial charge is 0.348 e. The Balaban J connectivity index is 0.852. The molecule has 5 N–H and O–H groups in total. The third-order valence-corrected chi connectivity index (χ3v) is 12.1. The Hall–Kier alpha value is -6.26. The highest BCUT2D eigenvalue weighted by Crippen LogP contribution is 2.39. The minimum atomic E-state index is -0.708. The topological polar surface area (TPSA) is 184 Å². The fourth-order valence-corrected chi connectivity index (χ4v) is 8.68. The van der Waals surface area contributed by atoms with Crippen LogP contribution in [0.15, 0.2) is 78.0 Å². The van der Waals surface area contributed by atoms with Gasteiger partial charge in [0.15, 0.2) is 17.4 Å². The van der Waals surface area contributed by atoms with Crippen LogP contribution in [0.5, 0.6) is 17.2 Å². The first-order valence-electron chi connectivity index (χ1n) is 20.0. The first-order valence-corrected chi connectivity index (χ1v) is 20.8. The number of hydrogen-bond acceptors (Lipinski definition) is 10. The molecule has 2 aliphatic heterocycles. The van der Waals surface area contributed by atoms with Crippen LogP contribution in [0, 0.1) is 5.82 Å². The average molecular weight is 872 g/mol. The van der Waals surface area contributed by atoms with E-state index in [1.54, 1.807) is 31.5 Å². The van der Waals surface area contributed by atoms with Crippen LogP contribution in [0.3, 0.4) is 0 Å². The van der Waals surface area contributed by atoms with Crippen LogP contribution in [0.25, 0.3) is 28.2 Å². The second-order valence-electron chi connectivity index (χ2n) is 15.6. The number of amides is 2. The monoisotopic (exact) mass is 870 g/mol. The first kappa shape index (κ1) is 41.5. The van der Waals surface area contributed by atoms with E-state index in [9.17, 15) is 24.2 Å². The molecule has 0 aliphatic carbocycles. The summed E-state index contributed by atoms with van der Waals surface area (Å²) in [6, 6.07) is 14.9. The standard InChI is InChI=1S/C43H45Cl2FN10O5/c1-24(2)31-19-32(36(58)20-35(31)57)41-50-51-42(59)56(41)30-6-4-28(5-7-30)52-14-16-54(17-15-52)43(60)53-12-10-29(11-13-53)55-23-27(22-49-55)26-18-37(40(47)48-21-26)61-25(3)38-33(44)8-9-34(46)39(38)45/h4-9,18-25,29,57-58H,10-17H2,1-3H3,(H2,47,48)(H,51,59)/t25-/m1/s1. The number of benzene rings is 3. The van der Waals surface area contributed by atoms with Gasteiger partial charge in [0.25, 0.3) is 0 Å². The van der Waals surface area contributed by atoms with Gasteiger partial charge in [-0.2, -0.15) is 10.2 Å². The summed E-state index contributed by atoms with van der Waals surface area (Å²) in [5.74, 6) is -0.140. The number of phenolic OH excluding ortho intramolecular Hbond substituents is 2. The lowest BCUT2D eigenvalue weighted by Gasteiger charge is -2.40. The average Bonchev–Trinajstić information content (AvgIpc) is 3.90. The zero-order valence-corrected chi connectivity index (χ0v) is 35.2. The number of halogens is 3. The highest BCUT2D eigenvalue weighted by Gasteiger charge is 2.30. The van der Waals surface area contributed by atoms with E-state index in [2.05, 4.69) is 25.2 Å². The number of nitrogen functional groups attached to an aromatic ring is 1. The van der Waals surface area contributed by atoms with Crippen molar-refractivity contribution in [3.05, 3.63) is 111 Å². The number of anilines is 2. The van der Waals surface area contributed by atoms with Gasteiger partial charge in [0.05, 0.1) is 28.5 Å². The number of piperazine rings is 1. The van der Waals surface area contributed by atoms with Crippen LogP contribution in [0.2, 0.25) is 10.0 Å². The molecule has 0 bridgehead atoms. The number of pyridine rings is 1. The molecule has 0 saturated carbocycles. The Morgan fingerprint density at radius 3 is 2.30 bits per heavy atom. The number of aromatic amines is 1. The molecule has 2 aliphatic rings. The molecule has 15 nitrogen and oxygen atoms in total. The highest BCUT2D eigenvalue weighted by molar-refractivity contribution is 6.36. The first-order chi connectivity index (χ1) is 29.3. The number of phenols is 2. The third-order valence-electron chi connectivity index (χ3n) is 11.4. The number of H-pyrrole nitrogens is 1. The van der Waals surface area contributed by atoms with Crippen LogP contribution < -0.4 is 21.1 Å². The number of likely N-dealkylation sites (tertiary alicyclic amines) is 1. The van der Waals surface area contributed by atoms with Gasteiger partial charge in [-0.05, 0) is 79.8 Å². The van der Waals surface area contributed by atoms with Crippen molar-refractivity contribution in [3.8, 4) is 45.5 Å². The quantitative estimate of drug-likeness (QED) is 0.105. The number of hydrogen-bond donors (Lipinski definition) is 4. The molecule has 318 valence electrons. The maximum Gasteiger partial charge on any atom is 0.348 e. The summed E-state index contributed by atoms with van der Waals surface area (Å²) in [6.07, 6.45) is 6.12. The summed E-state index contributed by atoms with van der Waals surface area (Å²) in [5.41, 5.74) is 10.0. The van der Waals surface area contributed by atoms with E-state index in [0.717, 1.165) is 29.7 Å². The Labute approximate surface area is 360 Å². The van der Waals surface area contributed by atoms with Crippen molar-refractivity contribution in [2.45, 2.75) is 51.7 Å². The van der Waals surface area contributed by atoms with Gasteiger partial charge in [-0.1, -0.05) is 37.0 Å². The molecule has 6 aromatic rings. The zero-order chi connectivity index (χ0) is 43.1. The molecule has 18 heteroatoms. The van der Waals surface area contributed by atoms with Gasteiger partial charge in [-0.15, -0.1) is 0 Å². The van der Waals surface area contributed by atoms with E-state index in [1.165, 1.54) is 22.8 Å². The number of nitrogens with two attached hydrogens (primary N) is 1. The van der Waals surface area contributed by atoms with E-state index < -0.39 is 17.6 Å². The van der Waals surface area contributed by atoms with Crippen molar-refractivity contribution in [1.29, 1.82) is 0 Å². The number of carbonyl (C=O) groups is 1. The second-order valence-corrected chi connectivity index (χ2v) is 16.4. The predicted molar refractivity (Wildman–Crippen MR) is 231 cm³/mol. The number of piperidine rings is 1. The number of nitrogens with one attached hydrogen (secondary N) is 1. The molecular weight excluding hydrogens is 826 g/mol. The molecule has 61 heavy (non-hydrogen) atoms. The summed E-state index contributed by atoms with van der Waals surface area (Å²) < 4.78 is 23.6. The Morgan fingerprint density at radius 1 is 0.902 bits per heavy atom. The normalized spacial score (nSPS) is 15.4. The summed E-state index contributed by atoms with van der Waals surface area (Å²) in [4.78, 5) is 36.9. The maximum absolute atomic E-state index is 14.2. The van der Waals surface area contributed by atoms with E-state index in [4.69, 9.17) is 33.7 Å². The summed E-state index contributed by atoms with van der Waals surface area (Å²) in [5, 5.41) is 32.5. The molecule has 0 unspecified atom stereocenters. The molecule has 2 amide bonds. The van der Waals surface area contributed by atoms with Gasteiger partial charge >= 0.3 is 11.7 Å². The van der Waals surface area contributed by atoms with Gasteiger partial charge in [0.2, 0.25) is 0 Å². The lowest BCUT2D eigenvalue weighted by molar-refractivity contribution is 0.129. The number of carbonyl (C=O) groups excluding carboxylic acids is 1. The van der Waals surface area contributed by atoms with Crippen molar-refractivity contribution in [3.63, 3.8) is 0 Å². The zero-order valence-electron chi connectivity index (χ0n) is 33.7. The molecule has 0 radical (unpaired) electrons. The van der Waals surface area contributed by atoms with Crippen molar-refractivity contribution >= 4 is 40.7 Å². The van der Waals surface area contributed by atoms with Gasteiger partial charge < -0.3 is 35.4 Å². The fraction of sp³-hybridized carbons (Fsp3) is 0.326. The molecule has 1 atom stereocenters. The van der Waals surface area contributed by atoms with E-state index in [-0.39, 0.29) is 51.2 Å². The van der Waals surface area contributed by atoms with Gasteiger partial charge in [-0.3, -0.25) is 4.68 Å². The Morgan fingerprint density at radius 2 is 1.59 bits per heavy atom. The number of nitrogens with zero attached hydrogens (tertiary/aromatic N) is 8. The minimum absolute atomic E-state index is 0.0174. The molecule has 5 heterocycles. The Kier molecular flexibility index (Phi) is 11.6. The molecule has 0 spiro atoms. The van der Waals surface area contributed by atoms with Crippen LogP contribution in [-0.2, 0) is 0 Å². The molecule has 3 aromatic carbocycles. The summed E-state index contributed by atoms with van der Waals surface area (Å²) in [6.45, 7) is 9.17. The summed E-state index contributed by atoms with van der Waals surface area (Å²) in [7, 11) is 0. The SMILES string of the molecule is CC(C)c1cc(-c2n[nH]c(=O)n2-c2ccc(N3CCN(C(=O)N4CCC(n5cc(-c6cnc(N)c(O[C@H](C)c7c(Cl)ccc(F)c7Cl)c6)cn5)CC4)CC3)cc2)c(O)cc1O.